The molecule has 1 aliphatic heterocycles. The number of benzene rings is 3. The van der Waals surface area contributed by atoms with Crippen molar-refractivity contribution in [2.24, 2.45) is 5.92 Å². The number of carbonyl (C=O) groups is 3. The Morgan fingerprint density at radius 3 is 2.32 bits per heavy atom. The van der Waals surface area contributed by atoms with Gasteiger partial charge >= 0.3 is 12.2 Å². The van der Waals surface area contributed by atoms with Crippen LogP contribution in [0.3, 0.4) is 0 Å². The van der Waals surface area contributed by atoms with Gasteiger partial charge < -0.3 is 35.0 Å². The summed E-state index contributed by atoms with van der Waals surface area (Å²) in [7, 11) is 1.72. The average molecular weight is 699 g/mol. The zero-order valence-electron chi connectivity index (χ0n) is 28.7. The topological polar surface area (TPSA) is 120 Å². The van der Waals surface area contributed by atoms with Crippen LogP contribution in [0.15, 0.2) is 72.8 Å². The number of rotatable bonds is 7. The van der Waals surface area contributed by atoms with Crippen LogP contribution in [0.25, 0.3) is 0 Å². The Morgan fingerprint density at radius 1 is 1.00 bits per heavy atom. The molecule has 0 radical (unpaired) electrons. The zero-order valence-corrected chi connectivity index (χ0v) is 28.7. The first kappa shape index (κ1) is 38.2. The van der Waals surface area contributed by atoms with Gasteiger partial charge in [0.25, 0.3) is 11.8 Å². The van der Waals surface area contributed by atoms with Gasteiger partial charge in [-0.25, -0.2) is 4.79 Å². The Bertz CT molecular complexity index is 1590. The summed E-state index contributed by atoms with van der Waals surface area (Å²) in [5.74, 6) is -0.560. The van der Waals surface area contributed by atoms with E-state index in [4.69, 9.17) is 9.47 Å². The summed E-state index contributed by atoms with van der Waals surface area (Å²) in [5, 5.41) is 15.3. The number of hydrogen-bond acceptors (Lipinski definition) is 6. The number of urea groups is 1. The number of fused-ring (bicyclic) bond motifs is 1. The quantitative estimate of drug-likeness (QED) is 0.247. The third-order valence-corrected chi connectivity index (χ3v) is 8.60. The van der Waals surface area contributed by atoms with E-state index in [0.29, 0.717) is 24.3 Å². The molecule has 1 aliphatic rings. The molecule has 0 spiro atoms. The van der Waals surface area contributed by atoms with Gasteiger partial charge in [-0.2, -0.15) is 13.2 Å². The van der Waals surface area contributed by atoms with Crippen LogP contribution < -0.4 is 15.4 Å². The highest BCUT2D eigenvalue weighted by atomic mass is 19.4. The van der Waals surface area contributed by atoms with Crippen LogP contribution in [0.2, 0.25) is 0 Å². The summed E-state index contributed by atoms with van der Waals surface area (Å²) in [5.41, 5.74) is 0.251. The van der Waals surface area contributed by atoms with Gasteiger partial charge in [0.15, 0.2) is 0 Å². The fraction of sp³-hybridized carbons (Fsp3) is 0.432. The molecular formula is C37H45F3N4O6. The van der Waals surface area contributed by atoms with Crippen molar-refractivity contribution in [1.29, 1.82) is 0 Å². The monoisotopic (exact) mass is 698 g/mol. The number of likely N-dealkylation sites (N-methyl/N-ethyl adjacent to an activating group) is 1. The zero-order chi connectivity index (χ0) is 36.4. The van der Waals surface area contributed by atoms with Crippen molar-refractivity contribution in [3.05, 3.63) is 89.5 Å². The molecule has 0 fully saturated rings. The van der Waals surface area contributed by atoms with Crippen LogP contribution in [-0.2, 0) is 10.9 Å². The molecule has 0 bridgehead atoms. The molecule has 0 aromatic heterocycles. The number of amides is 4. The first-order valence-electron chi connectivity index (χ1n) is 16.7. The number of aliphatic hydroxyl groups excluding tert-OH is 1. The fourth-order valence-corrected chi connectivity index (χ4v) is 5.65. The lowest BCUT2D eigenvalue weighted by atomic mass is 10.0. The third kappa shape index (κ3) is 10.4. The number of anilines is 2. The molecule has 0 unspecified atom stereocenters. The number of carbonyl (C=O) groups excluding carboxylic acids is 3. The lowest BCUT2D eigenvalue weighted by Gasteiger charge is -2.36. The Morgan fingerprint density at radius 2 is 1.66 bits per heavy atom. The Kier molecular flexibility index (Phi) is 13.3. The number of alkyl halides is 3. The number of halogens is 3. The third-order valence-electron chi connectivity index (χ3n) is 8.60. The molecule has 0 saturated carbocycles. The summed E-state index contributed by atoms with van der Waals surface area (Å²) in [4.78, 5) is 43.5. The van der Waals surface area contributed by atoms with Crippen LogP contribution in [0.5, 0.6) is 5.75 Å². The summed E-state index contributed by atoms with van der Waals surface area (Å²) in [6, 6.07) is 16.3. The second-order valence-electron chi connectivity index (χ2n) is 12.7. The molecule has 10 nitrogen and oxygen atoms in total. The number of nitrogens with one attached hydrogen (secondary N) is 2. The van der Waals surface area contributed by atoms with Crippen molar-refractivity contribution in [1.82, 2.24) is 9.80 Å². The highest BCUT2D eigenvalue weighted by Crippen LogP contribution is 2.31. The minimum atomic E-state index is -4.51. The van der Waals surface area contributed by atoms with Gasteiger partial charge in [-0.05, 0) is 87.7 Å². The molecule has 4 amide bonds. The molecular weight excluding hydrogens is 653 g/mol. The van der Waals surface area contributed by atoms with E-state index in [2.05, 4.69) is 10.6 Å². The highest BCUT2D eigenvalue weighted by Gasteiger charge is 2.32. The van der Waals surface area contributed by atoms with Crippen molar-refractivity contribution in [3.8, 4) is 5.75 Å². The second kappa shape index (κ2) is 17.3. The van der Waals surface area contributed by atoms with E-state index in [-0.39, 0.29) is 54.6 Å². The lowest BCUT2D eigenvalue weighted by Crippen LogP contribution is -2.48. The van der Waals surface area contributed by atoms with Crippen LogP contribution in [-0.4, -0.2) is 84.4 Å². The molecule has 270 valence electrons. The van der Waals surface area contributed by atoms with E-state index in [1.165, 1.54) is 11.0 Å². The average Bonchev–Trinajstić information content (AvgIpc) is 3.09. The van der Waals surface area contributed by atoms with Crippen molar-refractivity contribution < 1.29 is 42.1 Å². The molecule has 50 heavy (non-hydrogen) atoms. The summed E-state index contributed by atoms with van der Waals surface area (Å²) >= 11 is 0. The van der Waals surface area contributed by atoms with Gasteiger partial charge in [-0.1, -0.05) is 25.1 Å². The summed E-state index contributed by atoms with van der Waals surface area (Å²) in [6.45, 7) is 6.15. The SMILES string of the molecule is C[C@H]1CCCCO[C@@H](CN(C)C(=O)c2ccccc2)[C@@H](C)CN([C@@H](C)CO)C(=O)c2cc(NC(=O)Nc3ccc(C(F)(F)F)cc3)ccc2O1. The van der Waals surface area contributed by atoms with E-state index in [1.54, 1.807) is 55.3 Å². The molecule has 3 N–H and O–H groups in total. The second-order valence-corrected chi connectivity index (χ2v) is 12.7. The van der Waals surface area contributed by atoms with Gasteiger partial charge in [0.05, 0.1) is 36.0 Å². The number of ether oxygens (including phenoxy) is 2. The van der Waals surface area contributed by atoms with Crippen molar-refractivity contribution in [2.45, 2.75) is 64.5 Å². The highest BCUT2D eigenvalue weighted by molar-refractivity contribution is 6.02. The molecule has 0 aliphatic carbocycles. The predicted molar refractivity (Wildman–Crippen MR) is 184 cm³/mol. The lowest BCUT2D eigenvalue weighted by molar-refractivity contribution is -0.137. The molecule has 4 atom stereocenters. The first-order chi connectivity index (χ1) is 23.8. The normalized spacial score (nSPS) is 19.7. The number of hydrogen-bond donors (Lipinski definition) is 3. The molecule has 3 aromatic rings. The number of aliphatic hydroxyl groups is 1. The maximum absolute atomic E-state index is 14.3. The van der Waals surface area contributed by atoms with E-state index >= 15 is 0 Å². The van der Waals surface area contributed by atoms with E-state index in [1.807, 2.05) is 19.9 Å². The van der Waals surface area contributed by atoms with E-state index in [0.717, 1.165) is 37.1 Å². The van der Waals surface area contributed by atoms with Gasteiger partial charge in [0, 0.05) is 49.6 Å². The van der Waals surface area contributed by atoms with Crippen molar-refractivity contribution in [3.63, 3.8) is 0 Å². The standard InChI is InChI=1S/C37H45F3N4O6/c1-24-21-44(25(2)23-45)35(47)31-20-30(42-36(48)41-29-15-13-28(14-16-29)37(38,39)40)17-18-32(31)50-26(3)10-8-9-19-49-33(24)22-43(4)34(46)27-11-6-5-7-12-27/h5-7,11-18,20,24-26,33,45H,8-10,19,21-23H2,1-4H3,(H2,41,42,48)/t24-,25-,26-,33-/m0/s1. The maximum atomic E-state index is 14.3. The van der Waals surface area contributed by atoms with Gasteiger partial charge in [-0.3, -0.25) is 9.59 Å². The Hall–Kier alpha value is -4.62. The minimum Gasteiger partial charge on any atom is -0.490 e. The molecule has 4 rings (SSSR count). The van der Waals surface area contributed by atoms with Crippen LogP contribution in [0.4, 0.5) is 29.3 Å². The van der Waals surface area contributed by atoms with Crippen LogP contribution in [0.1, 0.15) is 66.3 Å². The largest absolute Gasteiger partial charge is 0.490 e. The predicted octanol–water partition coefficient (Wildman–Crippen LogP) is 6.92. The van der Waals surface area contributed by atoms with E-state index < -0.39 is 35.8 Å². The summed E-state index contributed by atoms with van der Waals surface area (Å²) in [6.07, 6.45) is -2.97. The minimum absolute atomic E-state index is 0.145. The molecule has 13 heteroatoms. The van der Waals surface area contributed by atoms with Crippen molar-refractivity contribution >= 4 is 29.2 Å². The maximum Gasteiger partial charge on any atom is 0.416 e. The molecule has 0 saturated heterocycles. The molecule has 1 heterocycles. The van der Waals surface area contributed by atoms with Crippen LogP contribution >= 0.6 is 0 Å². The molecule has 3 aromatic carbocycles. The first-order valence-corrected chi connectivity index (χ1v) is 16.7. The van der Waals surface area contributed by atoms with Gasteiger partial charge in [0.2, 0.25) is 0 Å². The number of nitrogens with zero attached hydrogens (tertiary/aromatic N) is 2. The van der Waals surface area contributed by atoms with Crippen molar-refractivity contribution in [2.75, 3.05) is 44.0 Å². The Labute approximate surface area is 290 Å². The summed E-state index contributed by atoms with van der Waals surface area (Å²) < 4.78 is 51.4. The van der Waals surface area contributed by atoms with Gasteiger partial charge in [0.1, 0.15) is 5.75 Å². The van der Waals surface area contributed by atoms with Crippen LogP contribution in [0, 0.1) is 5.92 Å². The Balaban J connectivity index is 1.59. The fourth-order valence-electron chi connectivity index (χ4n) is 5.65. The van der Waals surface area contributed by atoms with Gasteiger partial charge in [-0.15, -0.1) is 0 Å². The smallest absolute Gasteiger partial charge is 0.416 e. The van der Waals surface area contributed by atoms with E-state index in [9.17, 15) is 32.7 Å².